The van der Waals surface area contributed by atoms with Gasteiger partial charge in [0.1, 0.15) is 0 Å². The Bertz CT molecular complexity index is 3370. The van der Waals surface area contributed by atoms with Gasteiger partial charge < -0.3 is 21.3 Å². The molecule has 0 spiro atoms. The van der Waals surface area contributed by atoms with Crippen LogP contribution in [0.1, 0.15) is 33.6 Å². The van der Waals surface area contributed by atoms with Crippen LogP contribution in [0.4, 0.5) is 11.4 Å². The summed E-state index contributed by atoms with van der Waals surface area (Å²) in [6.07, 6.45) is 8.45. The maximum Gasteiger partial charge on any atom is 0.251 e. The van der Waals surface area contributed by atoms with Crippen LogP contribution in [0.3, 0.4) is 0 Å². The molecule has 0 saturated carbocycles. The Morgan fingerprint density at radius 3 is 0.921 bits per heavy atom. The van der Waals surface area contributed by atoms with E-state index in [2.05, 4.69) is 89.7 Å². The molecule has 76 heavy (non-hydrogen) atoms. The van der Waals surface area contributed by atoms with Crippen molar-refractivity contribution < 1.29 is 9.59 Å². The van der Waals surface area contributed by atoms with Gasteiger partial charge in [-0.1, -0.05) is 97.1 Å². The number of carbonyl (C=O) groups excluding carboxylic acids is 2. The number of benzene rings is 5. The zero-order valence-electron chi connectivity index (χ0n) is 41.5. The fourth-order valence-corrected chi connectivity index (χ4v) is 9.42. The second-order valence-electron chi connectivity index (χ2n) is 18.2. The van der Waals surface area contributed by atoms with Gasteiger partial charge in [0.15, 0.2) is 0 Å². The molecule has 0 bridgehead atoms. The highest BCUT2D eigenvalue weighted by atomic mass is 16.2. The van der Waals surface area contributed by atoms with Crippen molar-refractivity contribution >= 4 is 44.7 Å². The number of carbonyl (C=O) groups is 2. The number of aromatic nitrogens is 6. The number of nitrogens with one attached hydrogen (secondary N) is 4. The van der Waals surface area contributed by atoms with Crippen molar-refractivity contribution in [2.75, 3.05) is 36.8 Å². The molecule has 0 radical (unpaired) electrons. The summed E-state index contributed by atoms with van der Waals surface area (Å²) >= 11 is 0. The van der Waals surface area contributed by atoms with Gasteiger partial charge in [-0.05, 0) is 154 Å². The summed E-state index contributed by atoms with van der Waals surface area (Å²) in [5.41, 5.74) is 13.3. The first-order valence-corrected chi connectivity index (χ1v) is 25.4. The third-order valence-electron chi connectivity index (χ3n) is 13.1. The van der Waals surface area contributed by atoms with Gasteiger partial charge >= 0.3 is 0 Å². The number of nitrogens with zero attached hydrogens (tertiary/aromatic N) is 6. The van der Waals surface area contributed by atoms with Crippen molar-refractivity contribution in [3.05, 3.63) is 230 Å². The Balaban J connectivity index is 0.726. The molecular weight excluding hydrogens is 941 g/mol. The predicted molar refractivity (Wildman–Crippen MR) is 305 cm³/mol. The van der Waals surface area contributed by atoms with Gasteiger partial charge in [-0.2, -0.15) is 0 Å². The van der Waals surface area contributed by atoms with Crippen LogP contribution in [0, 0.1) is 0 Å². The highest BCUT2D eigenvalue weighted by Gasteiger charge is 2.18. The predicted octanol–water partition coefficient (Wildman–Crippen LogP) is 12.8. The third kappa shape index (κ3) is 11.0. The van der Waals surface area contributed by atoms with Crippen LogP contribution in [0.15, 0.2) is 219 Å². The third-order valence-corrected chi connectivity index (χ3v) is 13.1. The molecule has 0 fully saturated rings. The number of pyridine rings is 6. The molecule has 2 amide bonds. The lowest BCUT2D eigenvalue weighted by molar-refractivity contribution is 0.0945. The molecule has 4 N–H and O–H groups in total. The molecule has 0 aliphatic carbocycles. The maximum atomic E-state index is 13.5. The topological polar surface area (TPSA) is 160 Å². The minimum Gasteiger partial charge on any atom is -0.385 e. The number of rotatable bonds is 18. The quantitative estimate of drug-likeness (QED) is 0.0481. The average Bonchev–Trinajstić information content (AvgIpc) is 3.52. The van der Waals surface area contributed by atoms with E-state index in [1.54, 1.807) is 24.8 Å². The zero-order chi connectivity index (χ0) is 51.5. The first-order chi connectivity index (χ1) is 37.5. The fourth-order valence-electron chi connectivity index (χ4n) is 9.42. The molecule has 6 heterocycles. The van der Waals surface area contributed by atoms with E-state index in [1.807, 2.05) is 146 Å². The summed E-state index contributed by atoms with van der Waals surface area (Å²) in [7, 11) is 0. The number of amides is 2. The summed E-state index contributed by atoms with van der Waals surface area (Å²) in [4.78, 5) is 54.6. The largest absolute Gasteiger partial charge is 0.385 e. The van der Waals surface area contributed by atoms with Crippen molar-refractivity contribution in [3.8, 4) is 67.8 Å². The molecule has 11 aromatic rings. The number of hydrogen-bond acceptors (Lipinski definition) is 10. The minimum atomic E-state index is -0.127. The Hall–Kier alpha value is -9.94. The van der Waals surface area contributed by atoms with Crippen molar-refractivity contribution in [1.82, 2.24) is 40.5 Å². The first kappa shape index (κ1) is 48.3. The van der Waals surface area contributed by atoms with Crippen molar-refractivity contribution in [2.45, 2.75) is 12.8 Å². The van der Waals surface area contributed by atoms with E-state index in [0.29, 0.717) is 50.1 Å². The molecule has 12 nitrogen and oxygen atoms in total. The van der Waals surface area contributed by atoms with E-state index in [-0.39, 0.29) is 11.8 Å². The monoisotopic (exact) mass is 992 g/mol. The lowest BCUT2D eigenvalue weighted by atomic mass is 9.85. The molecule has 0 unspecified atom stereocenters. The fraction of sp³-hybridized carbons (Fsp3) is 0.0938. The molecule has 6 aromatic heterocycles. The second-order valence-corrected chi connectivity index (χ2v) is 18.2. The molecule has 11 rings (SSSR count). The van der Waals surface area contributed by atoms with Gasteiger partial charge in [0.05, 0.1) is 45.6 Å². The molecule has 370 valence electrons. The standard InChI is InChI=1S/C64H52N10O2/c75-63(71-37-13-35-65-47-39-57(53-19-5-9-31-67-53)73-58(40-47)54-20-6-10-32-68-54)45-27-23-43(24-28-45)61-49-15-1-2-16-50(49)62(52-18-4-3-17-51(52)61)44-25-29-46(30-26-44)64(76)72-38-14-36-66-48-41-59(55-21-7-11-33-69-55)74-60(42-48)56-22-8-12-34-70-56/h1-12,15-34,39-42H,13-14,35-38H2,(H,65,73)(H,66,74)(H,71,75)(H,72,76). The molecular formula is C64H52N10O2. The zero-order valence-corrected chi connectivity index (χ0v) is 41.5. The van der Waals surface area contributed by atoms with Crippen LogP contribution in [-0.4, -0.2) is 67.9 Å². The second kappa shape index (κ2) is 22.9. The minimum absolute atomic E-state index is 0.127. The van der Waals surface area contributed by atoms with Crippen LogP contribution < -0.4 is 21.3 Å². The van der Waals surface area contributed by atoms with E-state index in [0.717, 1.165) is 101 Å². The molecule has 0 aliphatic heterocycles. The van der Waals surface area contributed by atoms with Gasteiger partial charge in [-0.25, -0.2) is 9.97 Å². The summed E-state index contributed by atoms with van der Waals surface area (Å²) in [6, 6.07) is 63.6. The van der Waals surface area contributed by atoms with Crippen molar-refractivity contribution in [3.63, 3.8) is 0 Å². The van der Waals surface area contributed by atoms with Crippen LogP contribution in [0.2, 0.25) is 0 Å². The maximum absolute atomic E-state index is 13.5. The number of anilines is 2. The van der Waals surface area contributed by atoms with Crippen LogP contribution in [0.25, 0.3) is 89.4 Å². The van der Waals surface area contributed by atoms with Gasteiger partial charge in [-0.3, -0.25) is 29.5 Å². The smallest absolute Gasteiger partial charge is 0.251 e. The van der Waals surface area contributed by atoms with E-state index in [4.69, 9.17) is 9.97 Å². The van der Waals surface area contributed by atoms with Gasteiger partial charge in [0, 0.05) is 73.5 Å². The molecule has 0 atom stereocenters. The Labute approximate surface area is 440 Å². The lowest BCUT2D eigenvalue weighted by Gasteiger charge is -2.18. The van der Waals surface area contributed by atoms with E-state index >= 15 is 0 Å². The average molecular weight is 993 g/mol. The summed E-state index contributed by atoms with van der Waals surface area (Å²) in [5, 5.41) is 17.6. The lowest BCUT2D eigenvalue weighted by Crippen LogP contribution is -2.25. The summed E-state index contributed by atoms with van der Waals surface area (Å²) in [6.45, 7) is 2.27. The van der Waals surface area contributed by atoms with Gasteiger partial charge in [0.25, 0.3) is 11.8 Å². The summed E-state index contributed by atoms with van der Waals surface area (Å²) < 4.78 is 0. The normalized spacial score (nSPS) is 11.1. The molecule has 0 saturated heterocycles. The Kier molecular flexibility index (Phi) is 14.5. The molecule has 0 aliphatic rings. The highest BCUT2D eigenvalue weighted by molar-refractivity contribution is 6.21. The van der Waals surface area contributed by atoms with Gasteiger partial charge in [0.2, 0.25) is 0 Å². The number of hydrogen-bond donors (Lipinski definition) is 4. The van der Waals surface area contributed by atoms with E-state index in [1.165, 1.54) is 0 Å². The molecule has 5 aromatic carbocycles. The van der Waals surface area contributed by atoms with E-state index < -0.39 is 0 Å². The van der Waals surface area contributed by atoms with Crippen molar-refractivity contribution in [2.24, 2.45) is 0 Å². The Morgan fingerprint density at radius 1 is 0.329 bits per heavy atom. The number of fused-ring (bicyclic) bond motifs is 2. The molecule has 12 heteroatoms. The SMILES string of the molecule is O=C(NCCCNc1cc(-c2ccccn2)nc(-c2ccccn2)c1)c1ccc(-c2c3ccccc3c(-c3ccc(C(=O)NCCCNc4cc(-c5ccccn5)nc(-c5ccccn5)c4)cc3)c3ccccc23)cc1. The van der Waals surface area contributed by atoms with Gasteiger partial charge in [-0.15, -0.1) is 0 Å². The van der Waals surface area contributed by atoms with Crippen LogP contribution >= 0.6 is 0 Å². The van der Waals surface area contributed by atoms with Crippen LogP contribution in [-0.2, 0) is 0 Å². The Morgan fingerprint density at radius 2 is 0.632 bits per heavy atom. The first-order valence-electron chi connectivity index (χ1n) is 25.4. The van der Waals surface area contributed by atoms with E-state index in [9.17, 15) is 9.59 Å². The van der Waals surface area contributed by atoms with Crippen LogP contribution in [0.5, 0.6) is 0 Å². The highest BCUT2D eigenvalue weighted by Crippen LogP contribution is 2.43. The summed E-state index contributed by atoms with van der Waals surface area (Å²) in [5.74, 6) is -0.255. The van der Waals surface area contributed by atoms with Crippen molar-refractivity contribution in [1.29, 1.82) is 0 Å².